The van der Waals surface area contributed by atoms with Crippen molar-refractivity contribution in [3.63, 3.8) is 0 Å². The lowest BCUT2D eigenvalue weighted by Crippen LogP contribution is -2.34. The third-order valence-corrected chi connectivity index (χ3v) is 4.94. The second-order valence-electron chi connectivity index (χ2n) is 6.91. The summed E-state index contributed by atoms with van der Waals surface area (Å²) >= 11 is 0. The predicted octanol–water partition coefficient (Wildman–Crippen LogP) is 2.96. The van der Waals surface area contributed by atoms with Crippen molar-refractivity contribution in [3.05, 3.63) is 70.9 Å². The number of halogens is 3. The number of sulfone groups is 1. The Morgan fingerprint density at radius 3 is 2.48 bits per heavy atom. The first-order valence-corrected chi connectivity index (χ1v) is 10.9. The highest BCUT2D eigenvalue weighted by Gasteiger charge is 2.37. The topological polar surface area (TPSA) is 129 Å². The van der Waals surface area contributed by atoms with Crippen molar-refractivity contribution in [2.24, 2.45) is 15.7 Å². The number of H-pyrrole nitrogens is 2. The van der Waals surface area contributed by atoms with Crippen LogP contribution in [0, 0.1) is 12.7 Å². The van der Waals surface area contributed by atoms with Crippen LogP contribution < -0.4 is 5.73 Å². The van der Waals surface area contributed by atoms with Crippen molar-refractivity contribution in [2.45, 2.75) is 18.6 Å². The van der Waals surface area contributed by atoms with E-state index in [0.717, 1.165) is 30.5 Å². The molecule has 0 bridgehead atoms. The van der Waals surface area contributed by atoms with E-state index < -0.39 is 33.0 Å². The molecular formula is C19H19F3N6O2S. The molecule has 164 valence electrons. The molecule has 0 unspecified atom stereocenters. The van der Waals surface area contributed by atoms with Gasteiger partial charge in [0.2, 0.25) is 0 Å². The molecule has 0 radical (unpaired) electrons. The number of aryl methyl sites for hydroxylation is 1. The van der Waals surface area contributed by atoms with Crippen molar-refractivity contribution in [1.82, 2.24) is 15.2 Å². The predicted molar refractivity (Wildman–Crippen MR) is 111 cm³/mol. The van der Waals surface area contributed by atoms with E-state index in [1.54, 1.807) is 13.0 Å². The lowest BCUT2D eigenvalue weighted by molar-refractivity contribution is 0.0745. The Balaban J connectivity index is 2.04. The molecule has 3 rings (SSSR count). The summed E-state index contributed by atoms with van der Waals surface area (Å²) in [5, 5.41) is 6.59. The van der Waals surface area contributed by atoms with Crippen LogP contribution in [0.4, 0.5) is 19.0 Å². The van der Waals surface area contributed by atoms with E-state index in [1.165, 1.54) is 12.3 Å². The Morgan fingerprint density at radius 2 is 1.90 bits per heavy atom. The van der Waals surface area contributed by atoms with Crippen molar-refractivity contribution in [1.29, 1.82) is 0 Å². The Kier molecular flexibility index (Phi) is 6.02. The minimum absolute atomic E-state index is 0.161. The molecule has 0 spiro atoms. The highest BCUT2D eigenvalue weighted by Crippen LogP contribution is 2.29. The number of hydrogen-bond donors (Lipinski definition) is 3. The summed E-state index contributed by atoms with van der Waals surface area (Å²) in [6, 6.07) is 6.58. The highest BCUT2D eigenvalue weighted by atomic mass is 32.2. The first kappa shape index (κ1) is 22.3. The van der Waals surface area contributed by atoms with Crippen LogP contribution in [0.15, 0.2) is 52.6 Å². The molecule has 2 aromatic heterocycles. The Labute approximate surface area is 176 Å². The van der Waals surface area contributed by atoms with Gasteiger partial charge in [0, 0.05) is 29.8 Å². The average Bonchev–Trinajstić information content (AvgIpc) is 3.29. The number of amidine groups is 2. The minimum atomic E-state index is -3.71. The van der Waals surface area contributed by atoms with Gasteiger partial charge in [-0.2, -0.15) is 13.9 Å². The van der Waals surface area contributed by atoms with Gasteiger partial charge in [0.25, 0.3) is 0 Å². The molecule has 8 nitrogen and oxygen atoms in total. The summed E-state index contributed by atoms with van der Waals surface area (Å²) in [5.41, 5.74) is 6.30. The van der Waals surface area contributed by atoms with E-state index in [0.29, 0.717) is 11.3 Å². The molecule has 31 heavy (non-hydrogen) atoms. The van der Waals surface area contributed by atoms with Crippen LogP contribution in [-0.2, 0) is 21.5 Å². The van der Waals surface area contributed by atoms with Crippen LogP contribution in [0.25, 0.3) is 0 Å². The molecule has 0 fully saturated rings. The lowest BCUT2D eigenvalue weighted by atomic mass is 10.1. The molecule has 0 saturated carbocycles. The van der Waals surface area contributed by atoms with E-state index in [-0.39, 0.29) is 23.1 Å². The first-order valence-electron chi connectivity index (χ1n) is 8.88. The summed E-state index contributed by atoms with van der Waals surface area (Å²) in [7, 11) is -3.32. The smallest absolute Gasteiger partial charge is 0.329 e. The number of hydrogen-bond acceptors (Lipinski definition) is 4. The number of aliphatic imine (C=N–C) groups is 2. The average molecular weight is 452 g/mol. The highest BCUT2D eigenvalue weighted by molar-refractivity contribution is 7.89. The summed E-state index contributed by atoms with van der Waals surface area (Å²) < 4.78 is 65.7. The van der Waals surface area contributed by atoms with E-state index >= 15 is 0 Å². The van der Waals surface area contributed by atoms with Gasteiger partial charge in [0.15, 0.2) is 27.3 Å². The minimum Gasteiger partial charge on any atom is -0.382 e. The number of nitrogens with two attached hydrogens (primary N) is 1. The number of benzene rings is 1. The molecule has 1 aromatic carbocycles. The fraction of sp³-hybridized carbons (Fsp3) is 0.211. The van der Waals surface area contributed by atoms with Gasteiger partial charge in [-0.1, -0.05) is 0 Å². The van der Waals surface area contributed by atoms with Gasteiger partial charge >= 0.3 is 5.92 Å². The van der Waals surface area contributed by atoms with E-state index in [4.69, 9.17) is 5.73 Å². The lowest BCUT2D eigenvalue weighted by Gasteiger charge is -2.16. The van der Waals surface area contributed by atoms with Gasteiger partial charge < -0.3 is 10.7 Å². The van der Waals surface area contributed by atoms with Crippen LogP contribution >= 0.6 is 0 Å². The molecule has 2 heterocycles. The fourth-order valence-corrected chi connectivity index (χ4v) is 3.43. The molecule has 0 atom stereocenters. The van der Waals surface area contributed by atoms with Crippen molar-refractivity contribution >= 4 is 27.3 Å². The van der Waals surface area contributed by atoms with Crippen LogP contribution in [-0.4, -0.2) is 41.5 Å². The van der Waals surface area contributed by atoms with E-state index in [9.17, 15) is 21.6 Å². The fourth-order valence-electron chi connectivity index (χ4n) is 2.66. The molecule has 0 aliphatic heterocycles. The van der Waals surface area contributed by atoms with Crippen LogP contribution in [0.3, 0.4) is 0 Å². The van der Waals surface area contributed by atoms with Gasteiger partial charge in [-0.25, -0.2) is 22.8 Å². The molecule has 0 saturated heterocycles. The third kappa shape index (κ3) is 5.60. The molecular weight excluding hydrogens is 433 g/mol. The Morgan fingerprint density at radius 1 is 1.23 bits per heavy atom. The number of nitrogens with one attached hydrogen (secondary N) is 2. The molecule has 12 heteroatoms. The number of alkyl halides is 2. The summed E-state index contributed by atoms with van der Waals surface area (Å²) in [5.74, 6) is -5.79. The summed E-state index contributed by atoms with van der Waals surface area (Å²) in [6.07, 6.45) is 2.48. The quantitative estimate of drug-likeness (QED) is 0.392. The van der Waals surface area contributed by atoms with Gasteiger partial charge in [-0.05, 0) is 42.8 Å². The van der Waals surface area contributed by atoms with Gasteiger partial charge in [-0.3, -0.25) is 5.10 Å². The maximum atomic E-state index is 14.8. The Bertz CT molecular complexity index is 1240. The number of nitrogens with zero attached hydrogens (tertiary/aromatic N) is 3. The van der Waals surface area contributed by atoms with Gasteiger partial charge in [0.05, 0.1) is 11.4 Å². The largest absolute Gasteiger partial charge is 0.382 e. The molecule has 3 aromatic rings. The molecule has 0 amide bonds. The number of rotatable bonds is 6. The Hall–Kier alpha value is -3.41. The SMILES string of the molecule is Cc1cc(N=C(N=C(N)C(F)(F)c2ccc(F)cc2)c2cc(CS(C)(=O)=O)c[nH]2)n[nH]1. The van der Waals surface area contributed by atoms with Crippen molar-refractivity contribution < 1.29 is 21.6 Å². The second kappa shape index (κ2) is 8.38. The van der Waals surface area contributed by atoms with E-state index in [1.807, 2.05) is 0 Å². The van der Waals surface area contributed by atoms with Crippen molar-refractivity contribution in [2.75, 3.05) is 6.26 Å². The number of aromatic amines is 2. The first-order chi connectivity index (χ1) is 14.4. The van der Waals surface area contributed by atoms with Gasteiger partial charge in [0.1, 0.15) is 5.82 Å². The monoisotopic (exact) mass is 452 g/mol. The van der Waals surface area contributed by atoms with Crippen LogP contribution in [0.1, 0.15) is 22.5 Å². The standard InChI is InChI=1S/C19H19F3N6O2S/c1-11-7-16(28-27-11)25-17(15-8-12(9-24-15)10-31(2,29)30)26-18(23)19(21,22)13-3-5-14(20)6-4-13/h3-9,24H,10H2,1-2H3,(H3,23,25,26,27,28). The van der Waals surface area contributed by atoms with E-state index in [2.05, 4.69) is 25.2 Å². The normalized spacial score (nSPS) is 13.6. The zero-order chi connectivity index (χ0) is 22.8. The zero-order valence-electron chi connectivity index (χ0n) is 16.5. The summed E-state index contributed by atoms with van der Waals surface area (Å²) in [6.45, 7) is 1.73. The van der Waals surface area contributed by atoms with Gasteiger partial charge in [-0.15, -0.1) is 0 Å². The molecule has 4 N–H and O–H groups in total. The van der Waals surface area contributed by atoms with Crippen LogP contribution in [0.2, 0.25) is 0 Å². The zero-order valence-corrected chi connectivity index (χ0v) is 17.3. The van der Waals surface area contributed by atoms with Crippen LogP contribution in [0.5, 0.6) is 0 Å². The molecule has 0 aliphatic carbocycles. The van der Waals surface area contributed by atoms with Crippen molar-refractivity contribution in [3.8, 4) is 0 Å². The number of aromatic nitrogens is 3. The second-order valence-corrected chi connectivity index (χ2v) is 9.05. The maximum Gasteiger partial charge on any atom is 0.329 e. The maximum absolute atomic E-state index is 14.8. The summed E-state index contributed by atoms with van der Waals surface area (Å²) in [4.78, 5) is 10.7. The third-order valence-electron chi connectivity index (χ3n) is 4.08. The molecule has 0 aliphatic rings.